The molecule has 0 radical (unpaired) electrons. The zero-order valence-electron chi connectivity index (χ0n) is 20.6. The maximum Gasteiger partial charge on any atom is 0.417 e. The normalized spacial score (nSPS) is 26.6. The number of likely N-dealkylation sites (tertiary alicyclic amines) is 1. The number of aromatic nitrogens is 1. The number of carbonyl (C=O) groups excluding carboxylic acids is 1. The maximum atomic E-state index is 14.9. The Morgan fingerprint density at radius 3 is 2.55 bits per heavy atom. The van der Waals surface area contributed by atoms with Crippen LogP contribution in [0.15, 0.2) is 22.9 Å². The van der Waals surface area contributed by atoms with E-state index in [2.05, 4.69) is 10.5 Å². The molecular weight excluding hydrogens is 527 g/mol. The molecule has 38 heavy (non-hydrogen) atoms. The zero-order valence-corrected chi connectivity index (χ0v) is 20.6. The second-order valence-corrected chi connectivity index (χ2v) is 9.74. The summed E-state index contributed by atoms with van der Waals surface area (Å²) >= 11 is 0. The fourth-order valence-electron chi connectivity index (χ4n) is 4.82. The Bertz CT molecular complexity index is 1170. The molecule has 2 fully saturated rings. The van der Waals surface area contributed by atoms with Gasteiger partial charge in [0.25, 0.3) is 5.91 Å². The Hall–Kier alpha value is -2.87. The Morgan fingerprint density at radius 2 is 1.97 bits per heavy atom. The Kier molecular flexibility index (Phi) is 7.67. The van der Waals surface area contributed by atoms with Crippen molar-refractivity contribution in [2.45, 2.75) is 51.0 Å². The summed E-state index contributed by atoms with van der Waals surface area (Å²) in [6.45, 7) is 3.53. The molecule has 7 nitrogen and oxygen atoms in total. The number of rotatable bonds is 8. The SMILES string of the molecule is Cc1nocc1NC(=O)[C@@H]1O[C@@](C)(C(F)(F)F)[C@@H](C)[C@H]1c1ccc(F)c(F)c1OCCN1CC(C(F)F)C1. The number of amides is 1. The van der Waals surface area contributed by atoms with Crippen LogP contribution in [-0.2, 0) is 9.53 Å². The predicted octanol–water partition coefficient (Wildman–Crippen LogP) is 4.92. The lowest BCUT2D eigenvalue weighted by Gasteiger charge is -2.38. The Balaban J connectivity index is 1.64. The van der Waals surface area contributed by atoms with Crippen LogP contribution in [-0.4, -0.2) is 66.5 Å². The Morgan fingerprint density at radius 1 is 1.29 bits per heavy atom. The van der Waals surface area contributed by atoms with Crippen LogP contribution in [0.1, 0.15) is 31.0 Å². The van der Waals surface area contributed by atoms with Crippen molar-refractivity contribution in [3.05, 3.63) is 41.3 Å². The molecule has 14 heteroatoms. The second kappa shape index (κ2) is 10.4. The average molecular weight is 553 g/mol. The molecule has 0 spiro atoms. The quantitative estimate of drug-likeness (QED) is 0.468. The van der Waals surface area contributed by atoms with Crippen molar-refractivity contribution in [1.82, 2.24) is 10.1 Å². The summed E-state index contributed by atoms with van der Waals surface area (Å²) < 4.78 is 112. The lowest BCUT2D eigenvalue weighted by atomic mass is 9.77. The third-order valence-corrected chi connectivity index (χ3v) is 7.37. The van der Waals surface area contributed by atoms with Gasteiger partial charge in [-0.15, -0.1) is 0 Å². The van der Waals surface area contributed by atoms with Crippen LogP contribution in [0, 0.1) is 30.4 Å². The first-order valence-corrected chi connectivity index (χ1v) is 11.8. The van der Waals surface area contributed by atoms with Crippen molar-refractivity contribution in [3.8, 4) is 5.75 Å². The van der Waals surface area contributed by atoms with Crippen LogP contribution in [0.3, 0.4) is 0 Å². The van der Waals surface area contributed by atoms with E-state index in [4.69, 9.17) is 14.0 Å². The number of hydrogen-bond acceptors (Lipinski definition) is 6. The number of hydrogen-bond donors (Lipinski definition) is 1. The molecule has 3 heterocycles. The summed E-state index contributed by atoms with van der Waals surface area (Å²) in [5, 5.41) is 6.01. The van der Waals surface area contributed by atoms with Gasteiger partial charge in [-0.05, 0) is 19.9 Å². The van der Waals surface area contributed by atoms with E-state index in [-0.39, 0.29) is 43.2 Å². The highest BCUT2D eigenvalue weighted by Crippen LogP contribution is 2.55. The van der Waals surface area contributed by atoms with Crippen molar-refractivity contribution in [2.75, 3.05) is 31.6 Å². The Labute approximate surface area is 213 Å². The first-order chi connectivity index (χ1) is 17.7. The molecule has 1 N–H and O–H groups in total. The van der Waals surface area contributed by atoms with E-state index in [1.54, 1.807) is 4.90 Å². The predicted molar refractivity (Wildman–Crippen MR) is 119 cm³/mol. The monoisotopic (exact) mass is 553 g/mol. The lowest BCUT2D eigenvalue weighted by Crippen LogP contribution is -2.51. The van der Waals surface area contributed by atoms with Crippen molar-refractivity contribution in [1.29, 1.82) is 0 Å². The minimum Gasteiger partial charge on any atom is -0.489 e. The van der Waals surface area contributed by atoms with Crippen molar-refractivity contribution < 1.29 is 49.5 Å². The van der Waals surface area contributed by atoms with Gasteiger partial charge in [0.2, 0.25) is 12.2 Å². The number of ether oxygens (including phenoxy) is 2. The smallest absolute Gasteiger partial charge is 0.417 e. The fraction of sp³-hybridized carbons (Fsp3) is 0.583. The third-order valence-electron chi connectivity index (χ3n) is 7.37. The summed E-state index contributed by atoms with van der Waals surface area (Å²) in [5.41, 5.74) is -2.64. The minimum absolute atomic E-state index is 0.0987. The number of halogens is 7. The highest BCUT2D eigenvalue weighted by Gasteiger charge is 2.66. The summed E-state index contributed by atoms with van der Waals surface area (Å²) in [6, 6.07) is 1.79. The molecule has 1 aromatic heterocycles. The number of aryl methyl sites for hydroxylation is 1. The van der Waals surface area contributed by atoms with E-state index in [9.17, 15) is 35.5 Å². The summed E-state index contributed by atoms with van der Waals surface area (Å²) in [5.74, 6) is -8.02. The average Bonchev–Trinajstić information content (AvgIpc) is 3.33. The van der Waals surface area contributed by atoms with Crippen LogP contribution in [0.2, 0.25) is 0 Å². The molecule has 0 aliphatic carbocycles. The van der Waals surface area contributed by atoms with E-state index in [1.165, 1.54) is 13.8 Å². The fourth-order valence-corrected chi connectivity index (χ4v) is 4.82. The van der Waals surface area contributed by atoms with Crippen LogP contribution >= 0.6 is 0 Å². The van der Waals surface area contributed by atoms with Gasteiger partial charge >= 0.3 is 6.18 Å². The molecule has 2 aromatic rings. The second-order valence-electron chi connectivity index (χ2n) is 9.74. The highest BCUT2D eigenvalue weighted by molar-refractivity contribution is 5.95. The molecule has 0 saturated carbocycles. The lowest BCUT2D eigenvalue weighted by molar-refractivity contribution is -0.272. The molecule has 1 amide bonds. The number of benzene rings is 1. The third kappa shape index (κ3) is 5.07. The standard InChI is InChI=1S/C24H26F7N3O4/c1-11-17(20(38-23(11,3)24(29,30)31)22(35)32-16-10-37-33-12(16)2)14-4-5-15(25)18(26)19(14)36-7-6-34-8-13(9-34)21(27)28/h4-5,10-11,13,17,20-21H,6-9H2,1-3H3,(H,32,35)/t11-,17-,20+,23+/m0/s1. The van der Waals surface area contributed by atoms with Gasteiger partial charge in [0.15, 0.2) is 17.2 Å². The van der Waals surface area contributed by atoms with E-state index in [1.807, 2.05) is 0 Å². The van der Waals surface area contributed by atoms with Crippen molar-refractivity contribution in [3.63, 3.8) is 0 Å². The van der Waals surface area contributed by atoms with Gasteiger partial charge in [-0.2, -0.15) is 17.6 Å². The van der Waals surface area contributed by atoms with E-state index in [0.29, 0.717) is 0 Å². The van der Waals surface area contributed by atoms with Gasteiger partial charge in [-0.1, -0.05) is 18.1 Å². The first-order valence-electron chi connectivity index (χ1n) is 11.8. The number of anilines is 1. The summed E-state index contributed by atoms with van der Waals surface area (Å²) in [6.07, 6.45) is -8.08. The molecule has 2 saturated heterocycles. The summed E-state index contributed by atoms with van der Waals surface area (Å²) in [4.78, 5) is 14.8. The van der Waals surface area contributed by atoms with Crippen LogP contribution in [0.4, 0.5) is 36.4 Å². The molecule has 0 bridgehead atoms. The molecule has 4 atom stereocenters. The maximum absolute atomic E-state index is 14.9. The van der Waals surface area contributed by atoms with Gasteiger partial charge in [0, 0.05) is 43.0 Å². The number of carbonyl (C=O) groups is 1. The van der Waals surface area contributed by atoms with Gasteiger partial charge in [0.1, 0.15) is 30.4 Å². The molecule has 1 aromatic carbocycles. The molecule has 4 rings (SSSR count). The largest absolute Gasteiger partial charge is 0.489 e. The minimum atomic E-state index is -4.91. The molecule has 2 aliphatic rings. The van der Waals surface area contributed by atoms with Gasteiger partial charge in [0.05, 0.1) is 0 Å². The molecule has 210 valence electrons. The van der Waals surface area contributed by atoms with Gasteiger partial charge in [-0.3, -0.25) is 9.69 Å². The van der Waals surface area contributed by atoms with Crippen molar-refractivity contribution in [2.24, 2.45) is 11.8 Å². The number of nitrogens with zero attached hydrogens (tertiary/aromatic N) is 2. The van der Waals surface area contributed by atoms with Gasteiger partial charge in [-0.25, -0.2) is 13.2 Å². The molecule has 2 aliphatic heterocycles. The van der Waals surface area contributed by atoms with E-state index in [0.717, 1.165) is 25.3 Å². The first kappa shape index (κ1) is 28.1. The van der Waals surface area contributed by atoms with Crippen LogP contribution in [0.25, 0.3) is 0 Å². The van der Waals surface area contributed by atoms with Crippen LogP contribution < -0.4 is 10.1 Å². The molecule has 0 unspecified atom stereocenters. The van der Waals surface area contributed by atoms with E-state index >= 15 is 0 Å². The molecular formula is C24H26F7N3O4. The van der Waals surface area contributed by atoms with E-state index < -0.39 is 65.4 Å². The summed E-state index contributed by atoms with van der Waals surface area (Å²) in [7, 11) is 0. The highest BCUT2D eigenvalue weighted by atomic mass is 19.4. The van der Waals surface area contributed by atoms with Crippen molar-refractivity contribution >= 4 is 11.6 Å². The van der Waals surface area contributed by atoms with Crippen LogP contribution in [0.5, 0.6) is 5.75 Å². The van der Waals surface area contributed by atoms with Gasteiger partial charge < -0.3 is 19.3 Å². The topological polar surface area (TPSA) is 76.8 Å². The zero-order chi connectivity index (χ0) is 28.0. The number of nitrogens with one attached hydrogen (secondary N) is 1. The number of alkyl halides is 5.